The topological polar surface area (TPSA) is 38.3 Å². The van der Waals surface area contributed by atoms with E-state index in [9.17, 15) is 4.79 Å². The van der Waals surface area contributed by atoms with Gasteiger partial charge in [-0.05, 0) is 25.1 Å². The molecule has 0 aromatic carbocycles. The Morgan fingerprint density at radius 3 is 2.27 bits per heavy atom. The third kappa shape index (κ3) is 2.61. The number of rotatable bonds is 3. The van der Waals surface area contributed by atoms with Gasteiger partial charge in [0.05, 0.1) is 12.0 Å². The quantitative estimate of drug-likeness (QED) is 0.595. The van der Waals surface area contributed by atoms with Crippen LogP contribution in [0.2, 0.25) is 18.1 Å². The van der Waals surface area contributed by atoms with Gasteiger partial charge in [0.2, 0.25) is 5.91 Å². The second-order valence-corrected chi connectivity index (χ2v) is 10.7. The molecular formula is C11H23NO2Si. The van der Waals surface area contributed by atoms with E-state index >= 15 is 0 Å². The number of nitrogens with one attached hydrogen (secondary N) is 1. The molecule has 0 aromatic heterocycles. The molecule has 0 radical (unpaired) electrons. The largest absolute Gasteiger partial charge is 0.413 e. The van der Waals surface area contributed by atoms with Crippen LogP contribution >= 0.6 is 0 Å². The van der Waals surface area contributed by atoms with Gasteiger partial charge < -0.3 is 9.74 Å². The fourth-order valence-corrected chi connectivity index (χ4v) is 2.85. The minimum absolute atomic E-state index is 0.0552. The monoisotopic (exact) mass is 229 g/mol. The Morgan fingerprint density at radius 1 is 1.47 bits per heavy atom. The molecule has 1 aliphatic rings. The first-order valence-electron chi connectivity index (χ1n) is 5.61. The van der Waals surface area contributed by atoms with Crippen LogP contribution in [0.1, 0.15) is 27.7 Å². The zero-order valence-corrected chi connectivity index (χ0v) is 11.7. The predicted molar refractivity (Wildman–Crippen MR) is 64.2 cm³/mol. The molecule has 0 aromatic rings. The van der Waals surface area contributed by atoms with E-state index in [0.717, 1.165) is 6.54 Å². The highest BCUT2D eigenvalue weighted by Gasteiger charge is 2.42. The highest BCUT2D eigenvalue weighted by molar-refractivity contribution is 6.74. The van der Waals surface area contributed by atoms with Crippen molar-refractivity contribution in [2.24, 2.45) is 5.92 Å². The minimum atomic E-state index is -1.72. The fraction of sp³-hybridized carbons (Fsp3) is 0.909. The first-order valence-corrected chi connectivity index (χ1v) is 8.51. The zero-order valence-electron chi connectivity index (χ0n) is 10.7. The number of amides is 1. The lowest BCUT2D eigenvalue weighted by Gasteiger charge is -2.41. The van der Waals surface area contributed by atoms with Gasteiger partial charge in [0, 0.05) is 6.54 Å². The van der Waals surface area contributed by atoms with Crippen molar-refractivity contribution in [1.82, 2.24) is 5.32 Å². The molecule has 15 heavy (non-hydrogen) atoms. The Balaban J connectivity index is 2.57. The number of hydrogen-bond donors (Lipinski definition) is 1. The van der Waals surface area contributed by atoms with Gasteiger partial charge in [-0.2, -0.15) is 0 Å². The van der Waals surface area contributed by atoms with Gasteiger partial charge in [-0.15, -0.1) is 0 Å². The van der Waals surface area contributed by atoms with E-state index in [1.807, 2.05) is 6.92 Å². The number of carbonyl (C=O) groups excluding carboxylic acids is 1. The normalized spacial score (nSPS) is 24.4. The summed E-state index contributed by atoms with van der Waals surface area (Å²) >= 11 is 0. The summed E-state index contributed by atoms with van der Waals surface area (Å²) in [6.07, 6.45) is 0.0552. The molecular weight excluding hydrogens is 206 g/mol. The second kappa shape index (κ2) is 3.90. The SMILES string of the molecule is CC(O[Si](C)(C)C(C)(C)C)[C@H]1CNC1=O. The maximum Gasteiger partial charge on any atom is 0.227 e. The van der Waals surface area contributed by atoms with Crippen molar-refractivity contribution >= 4 is 14.2 Å². The van der Waals surface area contributed by atoms with Crippen LogP contribution in [0.5, 0.6) is 0 Å². The number of β-lactam (4-membered cyclic amide) rings is 1. The average molecular weight is 229 g/mol. The molecule has 88 valence electrons. The summed E-state index contributed by atoms with van der Waals surface area (Å²) in [7, 11) is -1.72. The van der Waals surface area contributed by atoms with Crippen molar-refractivity contribution in [3.63, 3.8) is 0 Å². The van der Waals surface area contributed by atoms with E-state index in [0.29, 0.717) is 0 Å². The van der Waals surface area contributed by atoms with Crippen molar-refractivity contribution in [2.45, 2.75) is 51.9 Å². The van der Waals surface area contributed by atoms with E-state index < -0.39 is 8.32 Å². The third-order valence-corrected chi connectivity index (χ3v) is 8.26. The van der Waals surface area contributed by atoms with Crippen LogP contribution in [-0.2, 0) is 9.22 Å². The van der Waals surface area contributed by atoms with Gasteiger partial charge in [-0.25, -0.2) is 0 Å². The molecule has 1 N–H and O–H groups in total. The van der Waals surface area contributed by atoms with Crippen LogP contribution in [0.15, 0.2) is 0 Å². The first-order chi connectivity index (χ1) is 6.65. The van der Waals surface area contributed by atoms with Gasteiger partial charge in [0.25, 0.3) is 0 Å². The molecule has 1 fully saturated rings. The molecule has 2 atom stereocenters. The summed E-state index contributed by atoms with van der Waals surface area (Å²) < 4.78 is 6.15. The van der Waals surface area contributed by atoms with Crippen molar-refractivity contribution in [3.05, 3.63) is 0 Å². The highest BCUT2D eigenvalue weighted by Crippen LogP contribution is 2.38. The van der Waals surface area contributed by atoms with Crippen molar-refractivity contribution in [1.29, 1.82) is 0 Å². The standard InChI is InChI=1S/C11H23NO2Si/c1-8(9-7-12-10(9)13)14-15(5,6)11(2,3)4/h8-9H,7H2,1-6H3,(H,12,13)/t8?,9-/m1/s1. The summed E-state index contributed by atoms with van der Waals surface area (Å²) in [4.78, 5) is 11.2. The van der Waals surface area contributed by atoms with E-state index in [1.165, 1.54) is 0 Å². The zero-order chi connectivity index (χ0) is 11.9. The van der Waals surface area contributed by atoms with Crippen LogP contribution in [0, 0.1) is 5.92 Å². The van der Waals surface area contributed by atoms with E-state index in [2.05, 4.69) is 39.2 Å². The molecule has 4 heteroatoms. The molecule has 1 saturated heterocycles. The van der Waals surface area contributed by atoms with E-state index in [1.54, 1.807) is 0 Å². The molecule has 1 heterocycles. The maximum atomic E-state index is 11.2. The Hall–Kier alpha value is -0.353. The van der Waals surface area contributed by atoms with Gasteiger partial charge in [-0.1, -0.05) is 20.8 Å². The summed E-state index contributed by atoms with van der Waals surface area (Å²) in [5.41, 5.74) is 0. The predicted octanol–water partition coefficient (Wildman–Crippen LogP) is 2.14. The van der Waals surface area contributed by atoms with Gasteiger partial charge >= 0.3 is 0 Å². The van der Waals surface area contributed by atoms with Gasteiger partial charge in [-0.3, -0.25) is 4.79 Å². The van der Waals surface area contributed by atoms with Gasteiger partial charge in [0.15, 0.2) is 8.32 Å². The smallest absolute Gasteiger partial charge is 0.227 e. The summed E-state index contributed by atoms with van der Waals surface area (Å²) in [5.74, 6) is 0.209. The Kier molecular flexibility index (Phi) is 3.31. The molecule has 0 aliphatic carbocycles. The summed E-state index contributed by atoms with van der Waals surface area (Å²) in [6.45, 7) is 13.9. The van der Waals surface area contributed by atoms with Gasteiger partial charge in [0.1, 0.15) is 0 Å². The number of hydrogen-bond acceptors (Lipinski definition) is 2. The molecule has 1 unspecified atom stereocenters. The maximum absolute atomic E-state index is 11.2. The lowest BCUT2D eigenvalue weighted by atomic mass is 9.97. The van der Waals surface area contributed by atoms with Crippen molar-refractivity contribution in [3.8, 4) is 0 Å². The molecule has 0 saturated carbocycles. The molecule has 0 bridgehead atoms. The average Bonchev–Trinajstić information content (AvgIpc) is 1.98. The lowest BCUT2D eigenvalue weighted by Crippen LogP contribution is -2.56. The Labute approximate surface area is 93.7 Å². The summed E-state index contributed by atoms with van der Waals surface area (Å²) in [5, 5.41) is 2.97. The Bertz CT molecular complexity index is 258. The minimum Gasteiger partial charge on any atom is -0.413 e. The molecule has 1 amide bonds. The van der Waals surface area contributed by atoms with Crippen LogP contribution < -0.4 is 5.32 Å². The fourth-order valence-electron chi connectivity index (χ4n) is 1.41. The third-order valence-electron chi connectivity index (χ3n) is 3.69. The van der Waals surface area contributed by atoms with Crippen molar-refractivity contribution in [2.75, 3.05) is 6.54 Å². The van der Waals surface area contributed by atoms with Crippen LogP contribution in [0.3, 0.4) is 0 Å². The molecule has 1 aliphatic heterocycles. The van der Waals surface area contributed by atoms with E-state index in [-0.39, 0.29) is 23.0 Å². The van der Waals surface area contributed by atoms with Crippen molar-refractivity contribution < 1.29 is 9.22 Å². The van der Waals surface area contributed by atoms with Crippen LogP contribution in [0.4, 0.5) is 0 Å². The second-order valence-electron chi connectivity index (χ2n) is 5.93. The molecule has 3 nitrogen and oxygen atoms in total. The lowest BCUT2D eigenvalue weighted by molar-refractivity contribution is -0.135. The first kappa shape index (κ1) is 12.7. The number of carbonyl (C=O) groups is 1. The Morgan fingerprint density at radius 2 is 2.00 bits per heavy atom. The molecule has 1 rings (SSSR count). The summed E-state index contributed by atoms with van der Waals surface area (Å²) in [6, 6.07) is 0. The van der Waals surface area contributed by atoms with Crippen LogP contribution in [-0.4, -0.2) is 26.9 Å². The van der Waals surface area contributed by atoms with Crippen LogP contribution in [0.25, 0.3) is 0 Å². The van der Waals surface area contributed by atoms with E-state index in [4.69, 9.17) is 4.43 Å². The highest BCUT2D eigenvalue weighted by atomic mass is 28.4. The molecule has 0 spiro atoms.